The molecule has 0 spiro atoms. The molecule has 2 aromatic heterocycles. The molecular weight excluding hydrogens is 318 g/mol. The topological polar surface area (TPSA) is 74.0 Å². The number of rotatable bonds is 4. The Balaban J connectivity index is 1.54. The number of amides is 1. The van der Waals surface area contributed by atoms with Gasteiger partial charge in [0.15, 0.2) is 0 Å². The summed E-state index contributed by atoms with van der Waals surface area (Å²) >= 11 is 0. The lowest BCUT2D eigenvalue weighted by Gasteiger charge is -2.27. The van der Waals surface area contributed by atoms with E-state index in [9.17, 15) is 4.79 Å². The van der Waals surface area contributed by atoms with Crippen LogP contribution in [0.25, 0.3) is 0 Å². The van der Waals surface area contributed by atoms with E-state index in [0.717, 1.165) is 55.3 Å². The van der Waals surface area contributed by atoms with Crippen LogP contribution in [0.5, 0.6) is 0 Å². The zero-order valence-corrected chi connectivity index (χ0v) is 14.9. The zero-order valence-electron chi connectivity index (χ0n) is 14.9. The molecule has 1 aliphatic heterocycles. The van der Waals surface area contributed by atoms with Crippen LogP contribution in [0.4, 0.5) is 0 Å². The predicted molar refractivity (Wildman–Crippen MR) is 92.3 cm³/mol. The number of aromatic nitrogens is 4. The Hall–Kier alpha value is -2.15. The van der Waals surface area contributed by atoms with Crippen LogP contribution < -0.4 is 5.32 Å². The molecule has 2 aliphatic rings. The Morgan fingerprint density at radius 1 is 1.32 bits per heavy atom. The number of nitrogens with zero attached hydrogens (tertiary/aromatic N) is 4. The van der Waals surface area contributed by atoms with Gasteiger partial charge < -0.3 is 10.1 Å². The van der Waals surface area contributed by atoms with Gasteiger partial charge in [0, 0.05) is 38.0 Å². The van der Waals surface area contributed by atoms with Gasteiger partial charge in [-0.05, 0) is 38.5 Å². The van der Waals surface area contributed by atoms with Crippen molar-refractivity contribution in [3.8, 4) is 0 Å². The van der Waals surface area contributed by atoms with Gasteiger partial charge in [-0.15, -0.1) is 0 Å². The standard InChI is InChI=1S/C18H25N5O2/c1-22-11-13(10-20-22)18(8-5-9-25-18)12-19-17(24)16-14-6-3-4-7-15(14)21-23(16)2/h10-11H,3-9,12H2,1-2H3,(H,19,24). The predicted octanol–water partition coefficient (Wildman–Crippen LogP) is 1.47. The first kappa shape index (κ1) is 16.3. The number of aryl methyl sites for hydroxylation is 3. The second kappa shape index (κ2) is 6.29. The first-order valence-corrected chi connectivity index (χ1v) is 9.05. The van der Waals surface area contributed by atoms with Gasteiger partial charge in [0.1, 0.15) is 11.3 Å². The van der Waals surface area contributed by atoms with Gasteiger partial charge in [-0.25, -0.2) is 0 Å². The summed E-state index contributed by atoms with van der Waals surface area (Å²) in [5.41, 5.74) is 3.46. The molecule has 2 aromatic rings. The number of ether oxygens (including phenoxy) is 1. The number of hydrogen-bond acceptors (Lipinski definition) is 4. The minimum atomic E-state index is -0.470. The van der Waals surface area contributed by atoms with E-state index in [4.69, 9.17) is 4.74 Å². The molecular formula is C18H25N5O2. The summed E-state index contributed by atoms with van der Waals surface area (Å²) in [5, 5.41) is 11.9. The van der Waals surface area contributed by atoms with Crippen molar-refractivity contribution >= 4 is 5.91 Å². The molecule has 1 amide bonds. The third-order valence-electron chi connectivity index (χ3n) is 5.40. The Kier molecular flexibility index (Phi) is 4.11. The Morgan fingerprint density at radius 2 is 2.16 bits per heavy atom. The molecule has 1 saturated heterocycles. The first-order valence-electron chi connectivity index (χ1n) is 9.05. The summed E-state index contributed by atoms with van der Waals surface area (Å²) in [6, 6.07) is 0. The van der Waals surface area contributed by atoms with Crippen LogP contribution in [0.2, 0.25) is 0 Å². The smallest absolute Gasteiger partial charge is 0.269 e. The van der Waals surface area contributed by atoms with Crippen LogP contribution in [0.3, 0.4) is 0 Å². The highest BCUT2D eigenvalue weighted by atomic mass is 16.5. The molecule has 0 saturated carbocycles. The molecule has 1 atom stereocenters. The third kappa shape index (κ3) is 2.86. The molecule has 4 rings (SSSR count). The van der Waals surface area contributed by atoms with Crippen molar-refractivity contribution in [3.63, 3.8) is 0 Å². The van der Waals surface area contributed by atoms with Crippen LogP contribution in [0.15, 0.2) is 12.4 Å². The van der Waals surface area contributed by atoms with Gasteiger partial charge in [0.05, 0.1) is 18.4 Å². The first-order chi connectivity index (χ1) is 12.1. The Bertz CT molecular complexity index is 785. The maximum Gasteiger partial charge on any atom is 0.269 e. The van der Waals surface area contributed by atoms with Crippen LogP contribution in [-0.2, 0) is 37.3 Å². The summed E-state index contributed by atoms with van der Waals surface area (Å²) in [7, 11) is 3.75. The number of fused-ring (bicyclic) bond motifs is 1. The summed E-state index contributed by atoms with van der Waals surface area (Å²) in [6.45, 7) is 1.17. The number of carbonyl (C=O) groups excluding carboxylic acids is 1. The largest absolute Gasteiger partial charge is 0.368 e. The van der Waals surface area contributed by atoms with Gasteiger partial charge in [-0.1, -0.05) is 0 Å². The van der Waals surface area contributed by atoms with E-state index in [1.165, 1.54) is 0 Å². The lowest BCUT2D eigenvalue weighted by Crippen LogP contribution is -2.41. The molecule has 1 aliphatic carbocycles. The summed E-state index contributed by atoms with van der Waals surface area (Å²) in [6.07, 6.45) is 9.89. The van der Waals surface area contributed by atoms with Gasteiger partial charge >= 0.3 is 0 Å². The minimum Gasteiger partial charge on any atom is -0.368 e. The molecule has 7 heteroatoms. The van der Waals surface area contributed by atoms with Gasteiger partial charge in [-0.2, -0.15) is 10.2 Å². The Morgan fingerprint density at radius 3 is 2.88 bits per heavy atom. The fourth-order valence-corrected chi connectivity index (χ4v) is 4.10. The number of nitrogens with one attached hydrogen (secondary N) is 1. The molecule has 0 bridgehead atoms. The molecule has 1 fully saturated rings. The number of carbonyl (C=O) groups is 1. The summed E-state index contributed by atoms with van der Waals surface area (Å²) < 4.78 is 9.57. The lowest BCUT2D eigenvalue weighted by molar-refractivity contribution is 0.00121. The highest BCUT2D eigenvalue weighted by Crippen LogP contribution is 2.35. The van der Waals surface area contributed by atoms with Crippen molar-refractivity contribution < 1.29 is 9.53 Å². The molecule has 25 heavy (non-hydrogen) atoms. The van der Waals surface area contributed by atoms with Crippen LogP contribution in [0.1, 0.15) is 53.0 Å². The maximum absolute atomic E-state index is 12.9. The second-order valence-electron chi connectivity index (χ2n) is 7.14. The van der Waals surface area contributed by atoms with E-state index in [1.807, 2.05) is 26.5 Å². The fraction of sp³-hybridized carbons (Fsp3) is 0.611. The molecule has 0 aromatic carbocycles. The van der Waals surface area contributed by atoms with E-state index in [1.54, 1.807) is 9.36 Å². The van der Waals surface area contributed by atoms with Crippen LogP contribution in [0, 0.1) is 0 Å². The highest BCUT2D eigenvalue weighted by molar-refractivity contribution is 5.94. The van der Waals surface area contributed by atoms with Crippen molar-refractivity contribution in [2.24, 2.45) is 14.1 Å². The maximum atomic E-state index is 12.9. The van der Waals surface area contributed by atoms with E-state index >= 15 is 0 Å². The lowest BCUT2D eigenvalue weighted by atomic mass is 9.93. The molecule has 3 heterocycles. The van der Waals surface area contributed by atoms with Gasteiger partial charge in [0.25, 0.3) is 5.91 Å². The van der Waals surface area contributed by atoms with E-state index in [2.05, 4.69) is 15.5 Å². The molecule has 7 nitrogen and oxygen atoms in total. The van der Waals surface area contributed by atoms with Gasteiger partial charge in [0.2, 0.25) is 0 Å². The minimum absolute atomic E-state index is 0.0584. The highest BCUT2D eigenvalue weighted by Gasteiger charge is 2.39. The van der Waals surface area contributed by atoms with Gasteiger partial charge in [-0.3, -0.25) is 14.2 Å². The SMILES string of the molecule is Cn1cc(C2(CNC(=O)c3c4c(nn3C)CCCC4)CCCO2)cn1. The van der Waals surface area contributed by atoms with Crippen LogP contribution >= 0.6 is 0 Å². The monoisotopic (exact) mass is 343 g/mol. The van der Waals surface area contributed by atoms with Crippen molar-refractivity contribution in [1.82, 2.24) is 24.9 Å². The fourth-order valence-electron chi connectivity index (χ4n) is 4.10. The zero-order chi connectivity index (χ0) is 17.4. The molecule has 1 N–H and O–H groups in total. The second-order valence-corrected chi connectivity index (χ2v) is 7.14. The average Bonchev–Trinajstić information content (AvgIpc) is 3.30. The molecule has 0 radical (unpaired) electrons. The Labute approximate surface area is 147 Å². The quantitative estimate of drug-likeness (QED) is 0.912. The van der Waals surface area contributed by atoms with Crippen LogP contribution in [-0.4, -0.2) is 38.6 Å². The average molecular weight is 343 g/mol. The van der Waals surface area contributed by atoms with Crippen molar-refractivity contribution in [3.05, 3.63) is 34.9 Å². The van der Waals surface area contributed by atoms with Crippen molar-refractivity contribution in [2.75, 3.05) is 13.2 Å². The molecule has 134 valence electrons. The summed E-state index contributed by atoms with van der Waals surface area (Å²) in [4.78, 5) is 12.9. The van der Waals surface area contributed by atoms with Crippen molar-refractivity contribution in [1.29, 1.82) is 0 Å². The van der Waals surface area contributed by atoms with E-state index in [-0.39, 0.29) is 5.91 Å². The van der Waals surface area contributed by atoms with E-state index < -0.39 is 5.60 Å². The van der Waals surface area contributed by atoms with Crippen molar-refractivity contribution in [2.45, 2.75) is 44.1 Å². The normalized spacial score (nSPS) is 22.8. The summed E-state index contributed by atoms with van der Waals surface area (Å²) in [5.74, 6) is -0.0584. The van der Waals surface area contributed by atoms with E-state index in [0.29, 0.717) is 18.8 Å². The number of hydrogen-bond donors (Lipinski definition) is 1. The molecule has 1 unspecified atom stereocenters. The third-order valence-corrected chi connectivity index (χ3v) is 5.40.